The van der Waals surface area contributed by atoms with Gasteiger partial charge in [-0.05, 0) is 56.7 Å². The number of aryl methyl sites for hydroxylation is 1. The third-order valence-electron chi connectivity index (χ3n) is 5.26. The summed E-state index contributed by atoms with van der Waals surface area (Å²) in [5, 5.41) is 13.0. The topological polar surface area (TPSA) is 78.9 Å². The van der Waals surface area contributed by atoms with E-state index in [1.165, 1.54) is 6.07 Å². The summed E-state index contributed by atoms with van der Waals surface area (Å²) >= 11 is 0. The van der Waals surface area contributed by atoms with Crippen LogP contribution in [0.5, 0.6) is 0 Å². The van der Waals surface area contributed by atoms with E-state index in [2.05, 4.69) is 16.4 Å². The molecule has 0 unspecified atom stereocenters. The van der Waals surface area contributed by atoms with E-state index in [-0.39, 0.29) is 28.5 Å². The summed E-state index contributed by atoms with van der Waals surface area (Å²) in [7, 11) is 0. The lowest BCUT2D eigenvalue weighted by Crippen LogP contribution is -2.13. The summed E-state index contributed by atoms with van der Waals surface area (Å²) in [6.45, 7) is 5.45. The first-order valence-corrected chi connectivity index (χ1v) is 9.85. The van der Waals surface area contributed by atoms with Crippen LogP contribution in [0.1, 0.15) is 35.3 Å². The average Bonchev–Trinajstić information content (AvgIpc) is 2.77. The molecule has 1 atom stereocenters. The summed E-state index contributed by atoms with van der Waals surface area (Å²) in [5.41, 5.74) is 3.27. The molecule has 0 amide bonds. The van der Waals surface area contributed by atoms with Crippen LogP contribution in [0.2, 0.25) is 0 Å². The highest BCUT2D eigenvalue weighted by molar-refractivity contribution is 5.84. The molecule has 5 nitrogen and oxygen atoms in total. The second-order valence-electron chi connectivity index (χ2n) is 7.47. The van der Waals surface area contributed by atoms with Crippen LogP contribution in [0.25, 0.3) is 22.3 Å². The smallest absolute Gasteiger partial charge is 0.196 e. The first kappa shape index (κ1) is 20.3. The van der Waals surface area contributed by atoms with Gasteiger partial charge >= 0.3 is 0 Å². The minimum absolute atomic E-state index is 0.198. The zero-order valence-corrected chi connectivity index (χ0v) is 17.4. The van der Waals surface area contributed by atoms with E-state index in [1.54, 1.807) is 49.5 Å². The molecule has 4 rings (SSSR count). The Labute approximate surface area is 178 Å². The molecule has 6 heteroatoms. The van der Waals surface area contributed by atoms with Crippen LogP contribution >= 0.6 is 0 Å². The van der Waals surface area contributed by atoms with Crippen LogP contribution in [0.3, 0.4) is 0 Å². The molecule has 4 aromatic rings. The van der Waals surface area contributed by atoms with Crippen molar-refractivity contribution in [2.75, 3.05) is 5.32 Å². The molecule has 0 fully saturated rings. The molecule has 1 N–H and O–H groups in total. The van der Waals surface area contributed by atoms with Gasteiger partial charge in [0.25, 0.3) is 0 Å². The Morgan fingerprint density at radius 1 is 1.16 bits per heavy atom. The van der Waals surface area contributed by atoms with E-state index in [1.807, 2.05) is 19.9 Å². The molecular weight excluding hydrogens is 393 g/mol. The van der Waals surface area contributed by atoms with Crippen LogP contribution in [-0.4, -0.2) is 4.98 Å². The van der Waals surface area contributed by atoms with Crippen LogP contribution < -0.4 is 10.7 Å². The summed E-state index contributed by atoms with van der Waals surface area (Å²) in [4.78, 5) is 17.2. The number of rotatable bonds is 4. The third-order valence-corrected chi connectivity index (χ3v) is 5.26. The van der Waals surface area contributed by atoms with Gasteiger partial charge in [-0.3, -0.25) is 4.79 Å². The van der Waals surface area contributed by atoms with Crippen molar-refractivity contribution < 1.29 is 8.81 Å². The lowest BCUT2D eigenvalue weighted by atomic mass is 9.98. The summed E-state index contributed by atoms with van der Waals surface area (Å²) in [6.07, 6.45) is 1.55. The number of fused-ring (bicyclic) bond motifs is 1. The van der Waals surface area contributed by atoms with Gasteiger partial charge in [0.15, 0.2) is 11.1 Å². The maximum atomic E-state index is 14.5. The minimum atomic E-state index is -0.457. The third kappa shape index (κ3) is 3.66. The number of hydrogen-bond acceptors (Lipinski definition) is 5. The molecule has 0 saturated carbocycles. The van der Waals surface area contributed by atoms with E-state index in [9.17, 15) is 14.4 Å². The molecule has 0 aliphatic carbocycles. The first-order valence-electron chi connectivity index (χ1n) is 9.85. The molecular formula is C25H20FN3O2. The first-order chi connectivity index (χ1) is 14.9. The average molecular weight is 413 g/mol. The van der Waals surface area contributed by atoms with Crippen LogP contribution in [0, 0.1) is 31.0 Å². The van der Waals surface area contributed by atoms with E-state index in [0.717, 1.165) is 11.1 Å². The largest absolute Gasteiger partial charge is 0.455 e. The van der Waals surface area contributed by atoms with Crippen molar-refractivity contribution in [2.45, 2.75) is 26.8 Å². The Bertz CT molecular complexity index is 1400. The lowest BCUT2D eigenvalue weighted by Gasteiger charge is -2.19. The Kier molecular flexibility index (Phi) is 5.26. The van der Waals surface area contributed by atoms with E-state index >= 15 is 0 Å². The molecule has 2 aromatic carbocycles. The maximum absolute atomic E-state index is 14.5. The van der Waals surface area contributed by atoms with Crippen LogP contribution in [0.4, 0.5) is 10.1 Å². The molecule has 0 radical (unpaired) electrons. The number of aromatic nitrogens is 1. The molecule has 0 saturated heterocycles. The van der Waals surface area contributed by atoms with Crippen molar-refractivity contribution in [1.82, 2.24) is 4.98 Å². The second kappa shape index (κ2) is 8.04. The molecule has 0 aliphatic heterocycles. The Morgan fingerprint density at radius 3 is 2.68 bits per heavy atom. The standard InChI is InChI=1S/C25H20FN3O2/c1-14-11-18(16(3)29-21-9-6-10-28-22(21)13-27)25-19(12-14)23(30)15(2)24(31-25)17-7-4-5-8-20(17)26/h4-12,16,29H,1-3H3/t16-/m1/s1. The van der Waals surface area contributed by atoms with Gasteiger partial charge in [-0.25, -0.2) is 9.37 Å². The van der Waals surface area contributed by atoms with Crippen molar-refractivity contribution in [3.05, 3.63) is 93.2 Å². The summed E-state index contributed by atoms with van der Waals surface area (Å²) in [5.74, 6) is -0.242. The maximum Gasteiger partial charge on any atom is 0.196 e. The molecule has 0 bridgehead atoms. The summed E-state index contributed by atoms with van der Waals surface area (Å²) in [6, 6.07) is 15.2. The number of benzene rings is 2. The zero-order chi connectivity index (χ0) is 22.1. The van der Waals surface area contributed by atoms with E-state index in [0.29, 0.717) is 22.2 Å². The predicted molar refractivity (Wildman–Crippen MR) is 118 cm³/mol. The SMILES string of the molecule is Cc1cc([C@@H](C)Nc2cccnc2C#N)c2oc(-c3ccccc3F)c(C)c(=O)c2c1. The number of nitriles is 1. The Hall–Kier alpha value is -3.98. The lowest BCUT2D eigenvalue weighted by molar-refractivity contribution is 0.586. The quantitative estimate of drug-likeness (QED) is 0.467. The number of nitrogens with zero attached hydrogens (tertiary/aromatic N) is 2. The van der Waals surface area contributed by atoms with Crippen molar-refractivity contribution in [3.63, 3.8) is 0 Å². The van der Waals surface area contributed by atoms with Gasteiger partial charge < -0.3 is 9.73 Å². The highest BCUT2D eigenvalue weighted by Gasteiger charge is 2.20. The molecule has 0 aliphatic rings. The fourth-order valence-electron chi connectivity index (χ4n) is 3.71. The zero-order valence-electron chi connectivity index (χ0n) is 17.4. The fraction of sp³-hybridized carbons (Fsp3) is 0.160. The van der Waals surface area contributed by atoms with E-state index < -0.39 is 5.82 Å². The van der Waals surface area contributed by atoms with Crippen molar-refractivity contribution in [1.29, 1.82) is 5.26 Å². The number of anilines is 1. The van der Waals surface area contributed by atoms with Gasteiger partial charge in [0, 0.05) is 17.3 Å². The highest BCUT2D eigenvalue weighted by atomic mass is 19.1. The normalized spacial score (nSPS) is 11.8. The van der Waals surface area contributed by atoms with Gasteiger partial charge in [0.1, 0.15) is 23.2 Å². The monoisotopic (exact) mass is 413 g/mol. The Morgan fingerprint density at radius 2 is 1.94 bits per heavy atom. The fourth-order valence-corrected chi connectivity index (χ4v) is 3.71. The molecule has 2 aromatic heterocycles. The predicted octanol–water partition coefficient (Wildman–Crippen LogP) is 5.66. The van der Waals surface area contributed by atoms with E-state index in [4.69, 9.17) is 4.42 Å². The highest BCUT2D eigenvalue weighted by Crippen LogP contribution is 2.33. The minimum Gasteiger partial charge on any atom is -0.455 e. The number of halogens is 1. The molecule has 31 heavy (non-hydrogen) atoms. The van der Waals surface area contributed by atoms with Crippen molar-refractivity contribution in [2.24, 2.45) is 0 Å². The summed E-state index contributed by atoms with van der Waals surface area (Å²) < 4.78 is 20.7. The van der Waals surface area contributed by atoms with Gasteiger partial charge in [-0.1, -0.05) is 18.2 Å². The van der Waals surface area contributed by atoms with Crippen molar-refractivity contribution >= 4 is 16.7 Å². The Balaban J connectivity index is 1.92. The van der Waals surface area contributed by atoms with Gasteiger partial charge in [0.2, 0.25) is 0 Å². The molecule has 154 valence electrons. The van der Waals surface area contributed by atoms with Crippen molar-refractivity contribution in [3.8, 4) is 17.4 Å². The van der Waals surface area contributed by atoms with Gasteiger partial charge in [0.05, 0.1) is 22.7 Å². The number of hydrogen-bond donors (Lipinski definition) is 1. The number of pyridine rings is 1. The molecule has 0 spiro atoms. The second-order valence-corrected chi connectivity index (χ2v) is 7.47. The van der Waals surface area contributed by atoms with Crippen LogP contribution in [0.15, 0.2) is 63.9 Å². The van der Waals surface area contributed by atoms with Gasteiger partial charge in [-0.15, -0.1) is 0 Å². The van der Waals surface area contributed by atoms with Crippen LogP contribution in [-0.2, 0) is 0 Å². The number of nitrogens with one attached hydrogen (secondary N) is 1. The molecule has 2 heterocycles. The van der Waals surface area contributed by atoms with Gasteiger partial charge in [-0.2, -0.15) is 5.26 Å².